The van der Waals surface area contributed by atoms with Crippen LogP contribution in [-0.2, 0) is 0 Å². The van der Waals surface area contributed by atoms with Crippen molar-refractivity contribution in [3.63, 3.8) is 0 Å². The third-order valence-electron chi connectivity index (χ3n) is 2.60. The number of nitrogens with zero attached hydrogens (tertiary/aromatic N) is 2. The number of nitro benzene ring substituents is 1. The first kappa shape index (κ1) is 13.4. The third kappa shape index (κ3) is 3.26. The fourth-order valence-electron chi connectivity index (χ4n) is 1.57. The Hall–Kier alpha value is -3.02. The number of benzene rings is 2. The molecule has 0 aliphatic rings. The Bertz CT molecular complexity index is 651. The summed E-state index contributed by atoms with van der Waals surface area (Å²) in [6.45, 7) is 0. The van der Waals surface area contributed by atoms with Gasteiger partial charge in [-0.25, -0.2) is 0 Å². The van der Waals surface area contributed by atoms with Crippen LogP contribution >= 0.6 is 0 Å². The normalized spacial score (nSPS) is 10.4. The lowest BCUT2D eigenvalue weighted by molar-refractivity contribution is -0.384. The molecule has 0 heterocycles. The predicted octanol–water partition coefficient (Wildman–Crippen LogP) is 2.85. The molecule has 0 spiro atoms. The van der Waals surface area contributed by atoms with Crippen molar-refractivity contribution in [2.45, 2.75) is 0 Å². The number of hydrogen-bond donors (Lipinski definition) is 1. The molecule has 0 saturated carbocycles. The van der Waals surface area contributed by atoms with Gasteiger partial charge in [-0.15, -0.1) is 0 Å². The van der Waals surface area contributed by atoms with Crippen molar-refractivity contribution < 1.29 is 9.72 Å². The Morgan fingerprint density at radius 3 is 2.30 bits per heavy atom. The zero-order valence-corrected chi connectivity index (χ0v) is 10.4. The number of anilines is 1. The van der Waals surface area contributed by atoms with Gasteiger partial charge < -0.3 is 0 Å². The van der Waals surface area contributed by atoms with Crippen molar-refractivity contribution in [2.24, 2.45) is 5.10 Å². The van der Waals surface area contributed by atoms with Gasteiger partial charge in [0, 0.05) is 23.3 Å². The van der Waals surface area contributed by atoms with Gasteiger partial charge in [-0.2, -0.15) is 5.10 Å². The molecule has 0 aromatic heterocycles. The number of nitro groups is 1. The number of hydrogen-bond acceptors (Lipinski definition) is 5. The summed E-state index contributed by atoms with van der Waals surface area (Å²) < 4.78 is 0. The van der Waals surface area contributed by atoms with Gasteiger partial charge in [-0.05, 0) is 12.1 Å². The van der Waals surface area contributed by atoms with E-state index >= 15 is 0 Å². The second-order valence-electron chi connectivity index (χ2n) is 3.92. The van der Waals surface area contributed by atoms with Crippen molar-refractivity contribution in [1.82, 2.24) is 0 Å². The first-order chi connectivity index (χ1) is 9.70. The monoisotopic (exact) mass is 269 g/mol. The molecular weight excluding hydrogens is 258 g/mol. The molecule has 0 aliphatic carbocycles. The Labute approximate surface area is 114 Å². The lowest BCUT2D eigenvalue weighted by atomic mass is 10.1. The summed E-state index contributed by atoms with van der Waals surface area (Å²) in [5.41, 5.74) is 4.62. The first-order valence-electron chi connectivity index (χ1n) is 5.78. The van der Waals surface area contributed by atoms with Crippen molar-refractivity contribution in [3.8, 4) is 0 Å². The number of carbonyl (C=O) groups excluding carboxylic acids is 1. The van der Waals surface area contributed by atoms with Gasteiger partial charge in [0.05, 0.1) is 16.8 Å². The molecule has 0 radical (unpaired) electrons. The average Bonchev–Trinajstić information content (AvgIpc) is 2.48. The number of nitrogens with one attached hydrogen (secondary N) is 1. The van der Waals surface area contributed by atoms with E-state index in [9.17, 15) is 14.9 Å². The maximum atomic E-state index is 10.8. The van der Waals surface area contributed by atoms with E-state index < -0.39 is 4.92 Å². The van der Waals surface area contributed by atoms with E-state index in [4.69, 9.17) is 0 Å². The molecule has 0 saturated heterocycles. The second kappa shape index (κ2) is 6.24. The van der Waals surface area contributed by atoms with Crippen LogP contribution < -0.4 is 5.43 Å². The van der Waals surface area contributed by atoms with E-state index in [2.05, 4.69) is 10.5 Å². The fraction of sp³-hybridized carbons (Fsp3) is 0. The highest BCUT2D eigenvalue weighted by molar-refractivity contribution is 5.92. The van der Waals surface area contributed by atoms with Crippen molar-refractivity contribution in [1.29, 1.82) is 0 Å². The van der Waals surface area contributed by atoms with E-state index in [1.54, 1.807) is 36.4 Å². The summed E-state index contributed by atoms with van der Waals surface area (Å²) in [7, 11) is 0. The summed E-state index contributed by atoms with van der Waals surface area (Å²) in [6.07, 6.45) is 2.28. The Morgan fingerprint density at radius 1 is 1.05 bits per heavy atom. The molecule has 0 amide bonds. The summed E-state index contributed by atoms with van der Waals surface area (Å²) in [4.78, 5) is 20.9. The Kier molecular flexibility index (Phi) is 4.18. The highest BCUT2D eigenvalue weighted by Crippen LogP contribution is 2.15. The molecule has 0 fully saturated rings. The van der Waals surface area contributed by atoms with Gasteiger partial charge in [0.1, 0.15) is 0 Å². The maximum Gasteiger partial charge on any atom is 0.269 e. The number of carbonyl (C=O) groups is 1. The molecule has 2 aromatic rings. The van der Waals surface area contributed by atoms with Gasteiger partial charge in [0.2, 0.25) is 0 Å². The second-order valence-corrected chi connectivity index (χ2v) is 3.92. The quantitative estimate of drug-likeness (QED) is 0.391. The molecule has 100 valence electrons. The zero-order valence-electron chi connectivity index (χ0n) is 10.4. The minimum absolute atomic E-state index is 0.0193. The number of non-ortho nitro benzene ring substituents is 1. The van der Waals surface area contributed by atoms with Crippen LogP contribution in [0.2, 0.25) is 0 Å². The van der Waals surface area contributed by atoms with Gasteiger partial charge in [0.15, 0.2) is 6.29 Å². The average molecular weight is 269 g/mol. The molecule has 6 nitrogen and oxygen atoms in total. The van der Waals surface area contributed by atoms with Gasteiger partial charge in [-0.3, -0.25) is 20.3 Å². The minimum Gasteiger partial charge on any atom is -0.298 e. The van der Waals surface area contributed by atoms with Crippen molar-refractivity contribution >= 4 is 23.9 Å². The third-order valence-corrected chi connectivity index (χ3v) is 2.60. The summed E-state index contributed by atoms with van der Waals surface area (Å²) in [5.74, 6) is 0. The molecule has 0 bridgehead atoms. The molecule has 0 aliphatic heterocycles. The van der Waals surface area contributed by atoms with Crippen LogP contribution in [0.1, 0.15) is 15.9 Å². The van der Waals surface area contributed by atoms with Crippen LogP contribution in [0.5, 0.6) is 0 Å². The number of aldehydes is 1. The van der Waals surface area contributed by atoms with Gasteiger partial charge in [-0.1, -0.05) is 24.3 Å². The largest absolute Gasteiger partial charge is 0.298 e. The number of hydrazone groups is 1. The van der Waals surface area contributed by atoms with E-state index in [-0.39, 0.29) is 5.69 Å². The van der Waals surface area contributed by atoms with Crippen LogP contribution in [0.3, 0.4) is 0 Å². The van der Waals surface area contributed by atoms with E-state index in [0.717, 1.165) is 6.29 Å². The highest BCUT2D eigenvalue weighted by Gasteiger charge is 2.03. The molecule has 2 aromatic carbocycles. The Balaban J connectivity index is 2.06. The van der Waals surface area contributed by atoms with Crippen LogP contribution in [0.15, 0.2) is 53.6 Å². The predicted molar refractivity (Wildman–Crippen MR) is 76.1 cm³/mol. The van der Waals surface area contributed by atoms with Gasteiger partial charge >= 0.3 is 0 Å². The van der Waals surface area contributed by atoms with E-state index in [1.165, 1.54) is 18.3 Å². The molecule has 1 N–H and O–H groups in total. The van der Waals surface area contributed by atoms with Crippen molar-refractivity contribution in [3.05, 3.63) is 69.8 Å². The highest BCUT2D eigenvalue weighted by atomic mass is 16.6. The summed E-state index contributed by atoms with van der Waals surface area (Å²) >= 11 is 0. The summed E-state index contributed by atoms with van der Waals surface area (Å²) in [6, 6.07) is 12.9. The van der Waals surface area contributed by atoms with Crippen LogP contribution in [0.4, 0.5) is 11.4 Å². The number of rotatable bonds is 5. The van der Waals surface area contributed by atoms with E-state index in [1.807, 2.05) is 0 Å². The zero-order chi connectivity index (χ0) is 14.4. The van der Waals surface area contributed by atoms with Crippen LogP contribution in [0, 0.1) is 10.1 Å². The summed E-state index contributed by atoms with van der Waals surface area (Å²) in [5, 5.41) is 14.5. The van der Waals surface area contributed by atoms with Crippen molar-refractivity contribution in [2.75, 3.05) is 5.43 Å². The van der Waals surface area contributed by atoms with Crippen LogP contribution in [0.25, 0.3) is 0 Å². The lowest BCUT2D eigenvalue weighted by Crippen LogP contribution is -1.94. The smallest absolute Gasteiger partial charge is 0.269 e. The maximum absolute atomic E-state index is 10.8. The molecular formula is C14H11N3O3. The Morgan fingerprint density at radius 2 is 1.70 bits per heavy atom. The topological polar surface area (TPSA) is 84.6 Å². The molecule has 0 unspecified atom stereocenters. The molecule has 6 heteroatoms. The fourth-order valence-corrected chi connectivity index (χ4v) is 1.57. The molecule has 20 heavy (non-hydrogen) atoms. The van der Waals surface area contributed by atoms with E-state index in [0.29, 0.717) is 16.8 Å². The first-order valence-corrected chi connectivity index (χ1v) is 5.78. The standard InChI is InChI=1S/C14H11N3O3/c18-10-12-4-2-1-3-11(12)9-15-16-13-5-7-14(8-6-13)17(19)20/h1-10,16H/b15-9-. The molecule has 2 rings (SSSR count). The minimum atomic E-state index is -0.465. The molecule has 0 atom stereocenters. The van der Waals surface area contributed by atoms with Gasteiger partial charge in [0.25, 0.3) is 5.69 Å². The van der Waals surface area contributed by atoms with Crippen LogP contribution in [-0.4, -0.2) is 17.4 Å². The SMILES string of the molecule is O=Cc1ccccc1/C=N\Nc1ccc([N+](=O)[O-])cc1. The lowest BCUT2D eigenvalue weighted by Gasteiger charge is -2.00.